The maximum absolute atomic E-state index is 15.0. The van der Waals surface area contributed by atoms with Crippen LogP contribution in [0.3, 0.4) is 0 Å². The fraction of sp³-hybridized carbons (Fsp3) is 0.407. The number of alkyl halides is 2. The molecule has 0 radical (unpaired) electrons. The van der Waals surface area contributed by atoms with Crippen LogP contribution in [-0.4, -0.2) is 81.1 Å². The quantitative estimate of drug-likeness (QED) is 0.262. The van der Waals surface area contributed by atoms with Crippen molar-refractivity contribution < 1.29 is 32.1 Å². The molecule has 1 aliphatic rings. The van der Waals surface area contributed by atoms with E-state index in [0.29, 0.717) is 35.4 Å². The lowest BCUT2D eigenvalue weighted by Crippen LogP contribution is -2.60. The molecule has 5 rings (SSSR count). The Morgan fingerprint density at radius 1 is 1.12 bits per heavy atom. The van der Waals surface area contributed by atoms with E-state index in [2.05, 4.69) is 19.9 Å². The largest absolute Gasteiger partial charge is 0.494 e. The summed E-state index contributed by atoms with van der Waals surface area (Å²) in [6, 6.07) is 3.48. The number of fused-ring (bicyclic) bond motifs is 1. The number of nitrogen functional groups attached to an aromatic ring is 1. The topological polar surface area (TPSA) is 150 Å². The van der Waals surface area contributed by atoms with Crippen LogP contribution < -0.4 is 21.1 Å². The summed E-state index contributed by atoms with van der Waals surface area (Å²) in [6.07, 6.45) is -1.05. The Morgan fingerprint density at radius 2 is 1.90 bits per heavy atom. The number of aromatic nitrogens is 5. The van der Waals surface area contributed by atoms with Crippen molar-refractivity contribution in [3.8, 4) is 17.0 Å². The van der Waals surface area contributed by atoms with Crippen molar-refractivity contribution in [3.63, 3.8) is 0 Å². The lowest BCUT2D eigenvalue weighted by molar-refractivity contribution is -0.0601. The van der Waals surface area contributed by atoms with Gasteiger partial charge in [0.25, 0.3) is 6.43 Å². The summed E-state index contributed by atoms with van der Waals surface area (Å²) in [4.78, 5) is 18.7. The smallest absolute Gasteiger partial charge is 0.265 e. The second-order valence-electron chi connectivity index (χ2n) is 10.3. The number of aliphatic hydroxyl groups is 1. The minimum atomic E-state index is -3.08. The highest BCUT2D eigenvalue weighted by Gasteiger charge is 2.44. The van der Waals surface area contributed by atoms with Gasteiger partial charge in [0, 0.05) is 31.8 Å². The van der Waals surface area contributed by atoms with E-state index in [4.69, 9.17) is 20.9 Å². The van der Waals surface area contributed by atoms with Gasteiger partial charge in [-0.3, -0.25) is 4.98 Å². The predicted molar refractivity (Wildman–Crippen MR) is 146 cm³/mol. The van der Waals surface area contributed by atoms with Gasteiger partial charge >= 0.3 is 0 Å². The molecule has 4 heterocycles. The lowest BCUT2D eigenvalue weighted by Gasteiger charge is -2.38. The number of hydrogen-bond donors (Lipinski definition) is 3. The molecule has 224 valence electrons. The number of aliphatic hydroxyl groups excluding tert-OH is 1. The maximum Gasteiger partial charge on any atom is 0.265 e. The minimum Gasteiger partial charge on any atom is -0.494 e. The molecule has 1 fully saturated rings. The van der Waals surface area contributed by atoms with Crippen LogP contribution in [-0.2, 0) is 11.3 Å². The maximum atomic E-state index is 15.0. The third-order valence-electron chi connectivity index (χ3n) is 7.57. The summed E-state index contributed by atoms with van der Waals surface area (Å²) in [7, 11) is 2.68. The van der Waals surface area contributed by atoms with Crippen molar-refractivity contribution >= 4 is 22.7 Å². The molecule has 0 amide bonds. The van der Waals surface area contributed by atoms with Crippen LogP contribution in [0.25, 0.3) is 22.4 Å². The molecule has 0 bridgehead atoms. The zero-order chi connectivity index (χ0) is 30.2. The summed E-state index contributed by atoms with van der Waals surface area (Å²) < 4.78 is 69.1. The number of halogens is 4. The molecular weight excluding hydrogens is 560 g/mol. The molecule has 3 atom stereocenters. The normalized spacial score (nSPS) is 20.2. The molecule has 15 heteroatoms. The monoisotopic (exact) mass is 590 g/mol. The number of nitrogens with two attached hydrogens (primary N) is 2. The fourth-order valence-electron chi connectivity index (χ4n) is 5.32. The fourth-order valence-corrected chi connectivity index (χ4v) is 5.32. The van der Waals surface area contributed by atoms with Crippen molar-refractivity contribution in [2.75, 3.05) is 37.9 Å². The van der Waals surface area contributed by atoms with E-state index >= 15 is 4.39 Å². The van der Waals surface area contributed by atoms with Gasteiger partial charge in [0.15, 0.2) is 23.0 Å². The first-order valence-electron chi connectivity index (χ1n) is 13.0. The first-order chi connectivity index (χ1) is 20.0. The van der Waals surface area contributed by atoms with Gasteiger partial charge in [0.1, 0.15) is 23.8 Å². The number of hydrogen-bond acceptors (Lipinski definition) is 10. The molecule has 4 aromatic rings. The van der Waals surface area contributed by atoms with Crippen molar-refractivity contribution in [2.24, 2.45) is 5.73 Å². The molecular formula is C27H30F4N8O3. The zero-order valence-corrected chi connectivity index (χ0v) is 22.8. The molecule has 5 N–H and O–H groups in total. The Bertz CT molecular complexity index is 1590. The van der Waals surface area contributed by atoms with Gasteiger partial charge in [-0.25, -0.2) is 32.5 Å². The lowest BCUT2D eigenvalue weighted by atomic mass is 9.87. The van der Waals surface area contributed by atoms with Gasteiger partial charge in [-0.1, -0.05) is 0 Å². The first kappa shape index (κ1) is 29.4. The number of methoxy groups -OCH3 is 2. The van der Waals surface area contributed by atoms with Crippen molar-refractivity contribution in [3.05, 3.63) is 54.2 Å². The van der Waals surface area contributed by atoms with Crippen molar-refractivity contribution in [1.82, 2.24) is 24.5 Å². The molecule has 42 heavy (non-hydrogen) atoms. The number of benzene rings is 1. The van der Waals surface area contributed by atoms with E-state index in [1.54, 1.807) is 15.5 Å². The Hall–Kier alpha value is -4.08. The number of nitrogens with zero attached hydrogens (tertiary/aromatic N) is 6. The van der Waals surface area contributed by atoms with E-state index in [0.717, 1.165) is 12.1 Å². The number of imidazole rings is 1. The Kier molecular flexibility index (Phi) is 8.17. The van der Waals surface area contributed by atoms with Crippen LogP contribution in [0.5, 0.6) is 5.75 Å². The van der Waals surface area contributed by atoms with Crippen molar-refractivity contribution in [1.29, 1.82) is 0 Å². The summed E-state index contributed by atoms with van der Waals surface area (Å²) in [5, 5.41) is 10.4. The summed E-state index contributed by atoms with van der Waals surface area (Å²) in [6.45, 7) is 0.279. The molecule has 3 aromatic heterocycles. The van der Waals surface area contributed by atoms with Crippen LogP contribution >= 0.6 is 0 Å². The highest BCUT2D eigenvalue weighted by atomic mass is 19.3. The second-order valence-corrected chi connectivity index (χ2v) is 10.3. The van der Waals surface area contributed by atoms with Gasteiger partial charge in [-0.15, -0.1) is 0 Å². The molecule has 1 saturated heterocycles. The third-order valence-corrected chi connectivity index (χ3v) is 7.57. The van der Waals surface area contributed by atoms with E-state index < -0.39 is 35.8 Å². The molecule has 0 aliphatic carbocycles. The zero-order valence-electron chi connectivity index (χ0n) is 22.8. The van der Waals surface area contributed by atoms with Crippen LogP contribution in [0.2, 0.25) is 0 Å². The summed E-state index contributed by atoms with van der Waals surface area (Å²) >= 11 is 0. The van der Waals surface area contributed by atoms with Gasteiger partial charge in [-0.2, -0.15) is 0 Å². The van der Waals surface area contributed by atoms with Gasteiger partial charge < -0.3 is 35.5 Å². The van der Waals surface area contributed by atoms with E-state index in [1.807, 2.05) is 0 Å². The highest BCUT2D eigenvalue weighted by molar-refractivity contribution is 5.81. The average molecular weight is 591 g/mol. The van der Waals surface area contributed by atoms with Crippen molar-refractivity contribution in [2.45, 2.75) is 43.6 Å². The Balaban J connectivity index is 1.63. The van der Waals surface area contributed by atoms with Gasteiger partial charge in [-0.05, 0) is 30.5 Å². The number of anilines is 2. The minimum absolute atomic E-state index is 0.00889. The molecule has 0 spiro atoms. The standard InChI is InChI=1S/C27H30F4N8O3/c1-41-15-3-4-38(11-27(33,8-15)23(40)24(30)31)20-9-34-19(16-6-18(29)21(42-2)7-17(16)28)5-14(20)10-39-13-37-22-25(32)35-12-36-26(22)39/h5-7,9,12-13,15,23-24,40H,3-4,8,10-11,33H2,1-2H3,(H2,32,35,36)/t15?,23-,27-/m1/s1. The average Bonchev–Trinajstić information content (AvgIpc) is 3.29. The SMILES string of the molecule is COc1cc(F)c(-c2cc(Cn3cnc4c(N)ncnc43)c(N3CCC(OC)C[C@](N)([C@H](O)C(F)F)C3)cn2)cc1F. The highest BCUT2D eigenvalue weighted by Crippen LogP contribution is 2.35. The van der Waals surface area contributed by atoms with E-state index in [1.165, 1.54) is 33.1 Å². The molecule has 0 saturated carbocycles. The number of pyridine rings is 1. The van der Waals surface area contributed by atoms with E-state index in [9.17, 15) is 18.3 Å². The Labute approximate surface area is 238 Å². The first-order valence-corrected chi connectivity index (χ1v) is 13.0. The molecule has 11 nitrogen and oxygen atoms in total. The second kappa shape index (κ2) is 11.7. The number of rotatable bonds is 8. The van der Waals surface area contributed by atoms with Crippen LogP contribution in [0.1, 0.15) is 18.4 Å². The van der Waals surface area contributed by atoms with Gasteiger partial charge in [0.05, 0.1) is 49.2 Å². The Morgan fingerprint density at radius 3 is 2.62 bits per heavy atom. The molecule has 1 unspecified atom stereocenters. The van der Waals surface area contributed by atoms with E-state index in [-0.39, 0.29) is 42.3 Å². The van der Waals surface area contributed by atoms with Gasteiger partial charge in [0.2, 0.25) is 0 Å². The predicted octanol–water partition coefficient (Wildman–Crippen LogP) is 2.74. The summed E-state index contributed by atoms with van der Waals surface area (Å²) in [5.74, 6) is -1.62. The third kappa shape index (κ3) is 5.54. The van der Waals surface area contributed by atoms with Crippen LogP contribution in [0.4, 0.5) is 29.1 Å². The number of ether oxygens (including phenoxy) is 2. The molecule has 1 aliphatic heterocycles. The van der Waals surface area contributed by atoms with Crippen LogP contribution in [0.15, 0.2) is 37.1 Å². The molecule has 1 aromatic carbocycles. The van der Waals surface area contributed by atoms with Crippen LogP contribution in [0, 0.1) is 11.6 Å². The summed E-state index contributed by atoms with van der Waals surface area (Å²) in [5.41, 5.74) is 12.5.